The lowest BCUT2D eigenvalue weighted by atomic mass is 9.92. The summed E-state index contributed by atoms with van der Waals surface area (Å²) in [7, 11) is -3.57. The number of amides is 2. The van der Waals surface area contributed by atoms with Gasteiger partial charge in [0.05, 0.1) is 4.90 Å². The van der Waals surface area contributed by atoms with E-state index in [4.69, 9.17) is 0 Å². The van der Waals surface area contributed by atoms with Crippen LogP contribution in [-0.2, 0) is 32.6 Å². The van der Waals surface area contributed by atoms with E-state index in [0.717, 1.165) is 43.5 Å². The molecule has 154 valence electrons. The second-order valence-electron chi connectivity index (χ2n) is 7.58. The van der Waals surface area contributed by atoms with Gasteiger partial charge in [-0.3, -0.25) is 9.59 Å². The van der Waals surface area contributed by atoms with Crippen molar-refractivity contribution in [1.82, 2.24) is 14.5 Å². The molecule has 0 aliphatic carbocycles. The van der Waals surface area contributed by atoms with Crippen LogP contribution in [0.5, 0.6) is 0 Å². The Labute approximate surface area is 167 Å². The summed E-state index contributed by atoms with van der Waals surface area (Å²) in [6, 6.07) is 4.49. The SMILES string of the molecule is CCCNS(=O)(=O)c1ccc2c(c1)CN(C(C)=O)C(C(=O)N1CCCCC1)C2. The number of rotatable bonds is 5. The van der Waals surface area contributed by atoms with Crippen molar-refractivity contribution in [3.05, 3.63) is 29.3 Å². The molecular formula is C20H29N3O4S. The van der Waals surface area contributed by atoms with Gasteiger partial charge in [0.25, 0.3) is 0 Å². The highest BCUT2D eigenvalue weighted by molar-refractivity contribution is 7.89. The first kappa shape index (κ1) is 20.8. The molecule has 1 unspecified atom stereocenters. The minimum atomic E-state index is -3.57. The van der Waals surface area contributed by atoms with E-state index in [1.165, 1.54) is 6.92 Å². The van der Waals surface area contributed by atoms with Gasteiger partial charge in [0.2, 0.25) is 21.8 Å². The van der Waals surface area contributed by atoms with E-state index in [-0.39, 0.29) is 23.3 Å². The second-order valence-corrected chi connectivity index (χ2v) is 9.35. The van der Waals surface area contributed by atoms with Crippen LogP contribution in [0.25, 0.3) is 0 Å². The molecule has 2 heterocycles. The predicted molar refractivity (Wildman–Crippen MR) is 106 cm³/mol. The molecule has 0 radical (unpaired) electrons. The molecule has 1 fully saturated rings. The van der Waals surface area contributed by atoms with Crippen molar-refractivity contribution in [3.8, 4) is 0 Å². The van der Waals surface area contributed by atoms with E-state index in [0.29, 0.717) is 19.4 Å². The molecule has 0 saturated carbocycles. The van der Waals surface area contributed by atoms with E-state index >= 15 is 0 Å². The lowest BCUT2D eigenvalue weighted by Crippen LogP contribution is -2.54. The summed E-state index contributed by atoms with van der Waals surface area (Å²) < 4.78 is 27.4. The zero-order valence-corrected chi connectivity index (χ0v) is 17.4. The molecule has 8 heteroatoms. The molecule has 1 aromatic rings. The molecule has 2 aliphatic rings. The molecule has 28 heavy (non-hydrogen) atoms. The highest BCUT2D eigenvalue weighted by atomic mass is 32.2. The fraction of sp³-hybridized carbons (Fsp3) is 0.600. The molecule has 1 aromatic carbocycles. The van der Waals surface area contributed by atoms with Crippen LogP contribution in [-0.4, -0.2) is 55.7 Å². The third-order valence-corrected chi connectivity index (χ3v) is 6.98. The van der Waals surface area contributed by atoms with Crippen LogP contribution in [0.15, 0.2) is 23.1 Å². The van der Waals surface area contributed by atoms with Crippen molar-refractivity contribution >= 4 is 21.8 Å². The third kappa shape index (κ3) is 4.38. The molecule has 0 spiro atoms. The molecule has 3 rings (SSSR count). The van der Waals surface area contributed by atoms with E-state index in [1.807, 2.05) is 11.8 Å². The summed E-state index contributed by atoms with van der Waals surface area (Å²) in [6.07, 6.45) is 4.27. The third-order valence-electron chi connectivity index (χ3n) is 5.52. The lowest BCUT2D eigenvalue weighted by molar-refractivity contribution is -0.146. The van der Waals surface area contributed by atoms with Crippen LogP contribution in [0.3, 0.4) is 0 Å². The van der Waals surface area contributed by atoms with Gasteiger partial charge in [0.1, 0.15) is 6.04 Å². The van der Waals surface area contributed by atoms with Gasteiger partial charge in [-0.2, -0.15) is 0 Å². The van der Waals surface area contributed by atoms with E-state index in [9.17, 15) is 18.0 Å². The highest BCUT2D eigenvalue weighted by Gasteiger charge is 2.36. The lowest BCUT2D eigenvalue weighted by Gasteiger charge is -2.39. The van der Waals surface area contributed by atoms with Crippen LogP contribution in [0.1, 0.15) is 50.7 Å². The van der Waals surface area contributed by atoms with Gasteiger partial charge in [0.15, 0.2) is 0 Å². The summed E-state index contributed by atoms with van der Waals surface area (Å²) >= 11 is 0. The number of hydrogen-bond donors (Lipinski definition) is 1. The average Bonchev–Trinajstić information content (AvgIpc) is 2.70. The summed E-state index contributed by atoms with van der Waals surface area (Å²) in [5, 5.41) is 0. The number of benzene rings is 1. The van der Waals surface area contributed by atoms with Crippen LogP contribution in [0.4, 0.5) is 0 Å². The molecule has 1 saturated heterocycles. The van der Waals surface area contributed by atoms with Crippen LogP contribution in [0.2, 0.25) is 0 Å². The highest BCUT2D eigenvalue weighted by Crippen LogP contribution is 2.28. The maximum absolute atomic E-state index is 13.0. The zero-order chi connectivity index (χ0) is 20.3. The Hall–Kier alpha value is -1.93. The van der Waals surface area contributed by atoms with E-state index in [2.05, 4.69) is 4.72 Å². The van der Waals surface area contributed by atoms with Gasteiger partial charge in [-0.1, -0.05) is 13.0 Å². The number of carbonyl (C=O) groups is 2. The molecule has 1 atom stereocenters. The Morgan fingerprint density at radius 3 is 2.50 bits per heavy atom. The largest absolute Gasteiger partial charge is 0.341 e. The maximum atomic E-state index is 13.0. The van der Waals surface area contributed by atoms with Crippen LogP contribution >= 0.6 is 0 Å². The number of fused-ring (bicyclic) bond motifs is 1. The minimum Gasteiger partial charge on any atom is -0.341 e. The number of likely N-dealkylation sites (tertiary alicyclic amines) is 1. The normalized spacial score (nSPS) is 20.0. The van der Waals surface area contributed by atoms with Gasteiger partial charge in [0, 0.05) is 39.5 Å². The van der Waals surface area contributed by atoms with Crippen molar-refractivity contribution in [3.63, 3.8) is 0 Å². The monoisotopic (exact) mass is 407 g/mol. The first-order chi connectivity index (χ1) is 13.3. The number of sulfonamides is 1. The Morgan fingerprint density at radius 1 is 1.14 bits per heavy atom. The van der Waals surface area contributed by atoms with Crippen molar-refractivity contribution in [1.29, 1.82) is 0 Å². The number of carbonyl (C=O) groups excluding carboxylic acids is 2. The summed E-state index contributed by atoms with van der Waals surface area (Å²) in [6.45, 7) is 5.49. The molecule has 7 nitrogen and oxygen atoms in total. The minimum absolute atomic E-state index is 0.00172. The molecular weight excluding hydrogens is 378 g/mol. The van der Waals surface area contributed by atoms with E-state index in [1.54, 1.807) is 23.1 Å². The predicted octanol–water partition coefficient (Wildman–Crippen LogP) is 1.66. The van der Waals surface area contributed by atoms with E-state index < -0.39 is 16.1 Å². The first-order valence-corrected chi connectivity index (χ1v) is 11.5. The smallest absolute Gasteiger partial charge is 0.245 e. The topological polar surface area (TPSA) is 86.8 Å². The Kier molecular flexibility index (Phi) is 6.40. The van der Waals surface area contributed by atoms with Crippen LogP contribution < -0.4 is 4.72 Å². The van der Waals surface area contributed by atoms with Gasteiger partial charge in [-0.05, 0) is 48.9 Å². The number of nitrogens with one attached hydrogen (secondary N) is 1. The molecule has 0 aromatic heterocycles. The number of nitrogens with zero attached hydrogens (tertiary/aromatic N) is 2. The second kappa shape index (κ2) is 8.61. The zero-order valence-electron chi connectivity index (χ0n) is 16.6. The van der Waals surface area contributed by atoms with Gasteiger partial charge in [-0.15, -0.1) is 0 Å². The molecule has 1 N–H and O–H groups in total. The van der Waals surface area contributed by atoms with Crippen molar-refractivity contribution < 1.29 is 18.0 Å². The Morgan fingerprint density at radius 2 is 1.86 bits per heavy atom. The standard InChI is InChI=1S/C20H29N3O4S/c1-3-9-21-28(26,27)18-8-7-16-13-19(20(25)22-10-5-4-6-11-22)23(15(2)24)14-17(16)12-18/h7-8,12,19,21H,3-6,9-11,13-14H2,1-2H3. The first-order valence-electron chi connectivity index (χ1n) is 10.0. The summed E-state index contributed by atoms with van der Waals surface area (Å²) in [5.41, 5.74) is 1.72. The Bertz CT molecular complexity index is 847. The van der Waals surface area contributed by atoms with Gasteiger partial charge in [-0.25, -0.2) is 13.1 Å². The van der Waals surface area contributed by atoms with Crippen molar-refractivity contribution in [2.75, 3.05) is 19.6 Å². The molecule has 0 bridgehead atoms. The summed E-state index contributed by atoms with van der Waals surface area (Å²) in [4.78, 5) is 28.9. The van der Waals surface area contributed by atoms with Crippen molar-refractivity contribution in [2.45, 2.75) is 63.4 Å². The van der Waals surface area contributed by atoms with Crippen LogP contribution in [0, 0.1) is 0 Å². The summed E-state index contributed by atoms with van der Waals surface area (Å²) in [5.74, 6) is -0.166. The molecule has 2 amide bonds. The fourth-order valence-corrected chi connectivity index (χ4v) is 5.11. The quantitative estimate of drug-likeness (QED) is 0.804. The fourth-order valence-electron chi connectivity index (χ4n) is 3.92. The van der Waals surface area contributed by atoms with Crippen molar-refractivity contribution in [2.24, 2.45) is 0 Å². The Balaban J connectivity index is 1.86. The average molecular weight is 408 g/mol. The number of hydrogen-bond acceptors (Lipinski definition) is 4. The number of piperidine rings is 1. The van der Waals surface area contributed by atoms with Gasteiger partial charge >= 0.3 is 0 Å². The maximum Gasteiger partial charge on any atom is 0.245 e. The molecule has 2 aliphatic heterocycles. The van der Waals surface area contributed by atoms with Gasteiger partial charge < -0.3 is 9.80 Å².